The maximum Gasteiger partial charge on any atom is 0.306 e. The zero-order valence-corrected chi connectivity index (χ0v) is 54.3. The monoisotopic (exact) mass is 1170 g/mol. The molecule has 1 amide bonds. The van der Waals surface area contributed by atoms with E-state index in [1.807, 2.05) is 6.08 Å². The highest BCUT2D eigenvalue weighted by Gasteiger charge is 2.47. The van der Waals surface area contributed by atoms with E-state index in [0.717, 1.165) is 64.2 Å². The first kappa shape index (κ1) is 78.9. The van der Waals surface area contributed by atoms with Crippen molar-refractivity contribution < 1.29 is 49.3 Å². The fourth-order valence-corrected chi connectivity index (χ4v) is 11.4. The number of carbonyl (C=O) groups is 2. The molecular weight excluding hydrogens is 1040 g/mol. The molecule has 0 spiro atoms. The predicted octanol–water partition coefficient (Wildman–Crippen LogP) is 18.2. The summed E-state index contributed by atoms with van der Waals surface area (Å²) in [4.78, 5) is 26.7. The van der Waals surface area contributed by atoms with E-state index < -0.39 is 67.4 Å². The summed E-state index contributed by atoms with van der Waals surface area (Å²) >= 11 is 0. The molecule has 8 atom stereocenters. The predicted molar refractivity (Wildman–Crippen MR) is 347 cm³/mol. The molecule has 0 aromatic rings. The van der Waals surface area contributed by atoms with Gasteiger partial charge in [0.2, 0.25) is 5.91 Å². The molecule has 8 unspecified atom stereocenters. The summed E-state index contributed by atoms with van der Waals surface area (Å²) in [6.45, 7) is 5.82. The van der Waals surface area contributed by atoms with Crippen molar-refractivity contribution in [1.29, 1.82) is 0 Å². The number of aliphatic hydroxyl groups excluding tert-OH is 5. The third-order valence-electron chi connectivity index (χ3n) is 17.0. The molecule has 0 saturated carbocycles. The van der Waals surface area contributed by atoms with Crippen LogP contribution in [-0.2, 0) is 23.8 Å². The van der Waals surface area contributed by atoms with Crippen molar-refractivity contribution in [3.05, 3.63) is 36.5 Å². The van der Waals surface area contributed by atoms with Gasteiger partial charge in [0.25, 0.3) is 0 Å². The first-order valence-electron chi connectivity index (χ1n) is 35.8. The lowest BCUT2D eigenvalue weighted by Crippen LogP contribution is -2.61. The fourth-order valence-electron chi connectivity index (χ4n) is 11.4. The minimum Gasteiger partial charge on any atom is -0.454 e. The number of esters is 1. The number of hydrogen-bond donors (Lipinski definition) is 6. The van der Waals surface area contributed by atoms with Crippen LogP contribution in [-0.4, -0.2) is 99.6 Å². The molecule has 0 radical (unpaired) electrons. The zero-order valence-electron chi connectivity index (χ0n) is 54.3. The lowest BCUT2D eigenvalue weighted by molar-refractivity contribution is -0.305. The molecule has 83 heavy (non-hydrogen) atoms. The van der Waals surface area contributed by atoms with Gasteiger partial charge < -0.3 is 45.1 Å². The second-order valence-corrected chi connectivity index (χ2v) is 25.0. The molecule has 1 aliphatic rings. The first-order valence-corrected chi connectivity index (χ1v) is 35.8. The average molecular weight is 1170 g/mol. The van der Waals surface area contributed by atoms with Crippen molar-refractivity contribution in [2.75, 3.05) is 13.2 Å². The molecule has 6 N–H and O–H groups in total. The molecule has 1 saturated heterocycles. The van der Waals surface area contributed by atoms with E-state index >= 15 is 0 Å². The van der Waals surface area contributed by atoms with Crippen LogP contribution in [0.25, 0.3) is 0 Å². The van der Waals surface area contributed by atoms with E-state index in [1.54, 1.807) is 6.08 Å². The van der Waals surface area contributed by atoms with Crippen molar-refractivity contribution in [2.45, 2.75) is 397 Å². The van der Waals surface area contributed by atoms with Gasteiger partial charge in [-0.25, -0.2) is 0 Å². The highest BCUT2D eigenvalue weighted by atomic mass is 16.7. The van der Waals surface area contributed by atoms with Crippen LogP contribution in [0.4, 0.5) is 0 Å². The lowest BCUT2D eigenvalue weighted by atomic mass is 9.99. The molecule has 0 aromatic heterocycles. The number of allylic oxidation sites excluding steroid dienone is 5. The molecule has 0 bridgehead atoms. The van der Waals surface area contributed by atoms with E-state index in [9.17, 15) is 35.1 Å². The smallest absolute Gasteiger partial charge is 0.306 e. The van der Waals surface area contributed by atoms with Gasteiger partial charge in [0.1, 0.15) is 24.4 Å². The maximum absolute atomic E-state index is 13.5. The molecule has 11 heteroatoms. The summed E-state index contributed by atoms with van der Waals surface area (Å²) < 4.78 is 17.7. The van der Waals surface area contributed by atoms with Gasteiger partial charge in [0, 0.05) is 6.42 Å². The molecular formula is C72H135NO10. The largest absolute Gasteiger partial charge is 0.454 e. The Hall–Kier alpha value is -2.12. The molecule has 11 nitrogen and oxygen atoms in total. The van der Waals surface area contributed by atoms with Crippen LogP contribution in [0.15, 0.2) is 36.5 Å². The maximum atomic E-state index is 13.5. The summed E-state index contributed by atoms with van der Waals surface area (Å²) in [5.74, 6) is -1.18. The Balaban J connectivity index is 2.56. The standard InChI is InChI=1S/C72H135NO10/c1-4-7-10-13-16-19-22-25-27-29-30-31-32-33-34-35-36-37-39-42-45-48-51-54-57-60-67(77)83-70-69(79)68(78)66(61-74)82-72(70)81-62-63(64(75)58-55-52-49-46-43-40-24-21-18-15-12-9-6-3)73-71(80)65(76)59-56-53-50-47-44-41-38-28-26-23-20-17-14-11-8-5-2/h16,19,25,27,55,58,63-66,68-70,72,74-76,78-79H,4-15,17-18,20-24,26,28-54,56-57,59-62H2,1-3H3,(H,73,80)/b19-16-,27-25-,58-55+. The second-order valence-electron chi connectivity index (χ2n) is 25.0. The van der Waals surface area contributed by atoms with Gasteiger partial charge in [-0.2, -0.15) is 0 Å². The highest BCUT2D eigenvalue weighted by Crippen LogP contribution is 2.26. The summed E-state index contributed by atoms with van der Waals surface area (Å²) in [7, 11) is 0. The van der Waals surface area contributed by atoms with Crippen LogP contribution in [0.3, 0.4) is 0 Å². The van der Waals surface area contributed by atoms with E-state index in [0.29, 0.717) is 19.3 Å². The Kier molecular flexibility index (Phi) is 57.2. The summed E-state index contributed by atoms with van der Waals surface area (Å²) in [6, 6.07) is -1.02. The van der Waals surface area contributed by atoms with Gasteiger partial charge >= 0.3 is 5.97 Å². The Morgan fingerprint density at radius 3 is 1.25 bits per heavy atom. The molecule has 1 fully saturated rings. The quantitative estimate of drug-likeness (QED) is 0.0195. The van der Waals surface area contributed by atoms with Gasteiger partial charge in [-0.3, -0.25) is 9.59 Å². The van der Waals surface area contributed by atoms with Gasteiger partial charge in [-0.15, -0.1) is 0 Å². The van der Waals surface area contributed by atoms with Gasteiger partial charge in [-0.1, -0.05) is 320 Å². The number of carbonyl (C=O) groups excluding carboxylic acids is 2. The van der Waals surface area contributed by atoms with Crippen molar-refractivity contribution in [1.82, 2.24) is 5.32 Å². The molecule has 0 aromatic carbocycles. The van der Waals surface area contributed by atoms with E-state index in [2.05, 4.69) is 50.4 Å². The SMILES string of the molecule is CCCCC/C=C\C/C=C\CCCCCCCCCCCCCCCCCC(=O)OC1C(OCC(NC(=O)C(O)CCCCCCCCCCCCCCCCCC)C(O)/C=C/CCCCCCCCCCCCC)OC(CO)C(O)C1O. The topological polar surface area (TPSA) is 175 Å². The number of amides is 1. The van der Waals surface area contributed by atoms with Gasteiger partial charge in [0.15, 0.2) is 12.4 Å². The van der Waals surface area contributed by atoms with E-state index in [-0.39, 0.29) is 13.0 Å². The van der Waals surface area contributed by atoms with Crippen LogP contribution in [0.1, 0.15) is 348 Å². The molecule has 1 aliphatic heterocycles. The van der Waals surface area contributed by atoms with Crippen LogP contribution < -0.4 is 5.32 Å². The fraction of sp³-hybridized carbons (Fsp3) is 0.889. The number of nitrogens with one attached hydrogen (secondary N) is 1. The Morgan fingerprint density at radius 2 is 0.831 bits per heavy atom. The first-order chi connectivity index (χ1) is 40.7. The van der Waals surface area contributed by atoms with Crippen LogP contribution >= 0.6 is 0 Å². The summed E-state index contributed by atoms with van der Waals surface area (Å²) in [6.07, 6.45) is 63.3. The Morgan fingerprint density at radius 1 is 0.470 bits per heavy atom. The minimum atomic E-state index is -1.61. The third kappa shape index (κ3) is 47.6. The van der Waals surface area contributed by atoms with E-state index in [1.165, 1.54) is 238 Å². The Bertz CT molecular complexity index is 1490. The molecule has 0 aliphatic carbocycles. The normalized spacial score (nSPS) is 18.7. The molecule has 488 valence electrons. The number of rotatable bonds is 62. The molecule has 1 rings (SSSR count). The summed E-state index contributed by atoms with van der Waals surface area (Å²) in [5, 5.41) is 57.2. The average Bonchev–Trinajstić information content (AvgIpc) is 3.58. The minimum absolute atomic E-state index is 0.127. The highest BCUT2D eigenvalue weighted by molar-refractivity contribution is 5.80. The number of aliphatic hydroxyl groups is 5. The number of hydrogen-bond acceptors (Lipinski definition) is 10. The second kappa shape index (κ2) is 60.2. The van der Waals surface area contributed by atoms with Crippen molar-refractivity contribution in [2.24, 2.45) is 0 Å². The number of unbranched alkanes of at least 4 members (excludes halogenated alkanes) is 44. The third-order valence-corrected chi connectivity index (χ3v) is 17.0. The van der Waals surface area contributed by atoms with Crippen molar-refractivity contribution in [3.8, 4) is 0 Å². The van der Waals surface area contributed by atoms with Crippen LogP contribution in [0.5, 0.6) is 0 Å². The van der Waals surface area contributed by atoms with Crippen molar-refractivity contribution >= 4 is 11.9 Å². The van der Waals surface area contributed by atoms with Gasteiger partial charge in [0.05, 0.1) is 25.4 Å². The molecule has 1 heterocycles. The van der Waals surface area contributed by atoms with Crippen molar-refractivity contribution in [3.63, 3.8) is 0 Å². The number of ether oxygens (including phenoxy) is 3. The van der Waals surface area contributed by atoms with Crippen LogP contribution in [0, 0.1) is 0 Å². The summed E-state index contributed by atoms with van der Waals surface area (Å²) in [5.41, 5.74) is 0. The van der Waals surface area contributed by atoms with Crippen LogP contribution in [0.2, 0.25) is 0 Å². The Labute approximate surface area is 511 Å². The van der Waals surface area contributed by atoms with Gasteiger partial charge in [-0.05, 0) is 57.8 Å². The van der Waals surface area contributed by atoms with E-state index in [4.69, 9.17) is 14.2 Å². The lowest BCUT2D eigenvalue weighted by Gasteiger charge is -2.41. The zero-order chi connectivity index (χ0) is 60.3.